The molecule has 0 radical (unpaired) electrons. The molecule has 0 bridgehead atoms. The Morgan fingerprint density at radius 1 is 1.19 bits per heavy atom. The van der Waals surface area contributed by atoms with Crippen LogP contribution in [0.2, 0.25) is 0 Å². The minimum absolute atomic E-state index is 0.0628. The summed E-state index contributed by atoms with van der Waals surface area (Å²) in [6.45, 7) is 5.80. The molecule has 1 atom stereocenters. The van der Waals surface area contributed by atoms with Crippen LogP contribution in [0.15, 0.2) is 47.4 Å². The zero-order valence-corrected chi connectivity index (χ0v) is 16.2. The smallest absolute Gasteiger partial charge is 0.251 e. The number of hydrogen-bond donors (Lipinski definition) is 2. The normalized spacial score (nSPS) is 12.5. The SMILES string of the molecule is CCNS(=O)(=O)c1cccc(C(=O)NC(C)c2cc(C)ccc2OC)c1. The van der Waals surface area contributed by atoms with Gasteiger partial charge < -0.3 is 10.1 Å². The lowest BCUT2D eigenvalue weighted by Gasteiger charge is -2.18. The van der Waals surface area contributed by atoms with E-state index in [1.807, 2.05) is 32.0 Å². The van der Waals surface area contributed by atoms with Crippen molar-refractivity contribution < 1.29 is 17.9 Å². The van der Waals surface area contributed by atoms with Gasteiger partial charge in [0.2, 0.25) is 10.0 Å². The van der Waals surface area contributed by atoms with Gasteiger partial charge in [-0.15, -0.1) is 0 Å². The molecule has 0 aromatic heterocycles. The first-order chi connectivity index (χ1) is 12.3. The average Bonchev–Trinajstić information content (AvgIpc) is 2.61. The fourth-order valence-electron chi connectivity index (χ4n) is 2.63. The second kappa shape index (κ2) is 8.33. The number of ether oxygens (including phenoxy) is 1. The van der Waals surface area contributed by atoms with Gasteiger partial charge in [0.25, 0.3) is 5.91 Å². The molecule has 0 aliphatic heterocycles. The number of aryl methyl sites for hydroxylation is 1. The van der Waals surface area contributed by atoms with Crippen LogP contribution in [-0.2, 0) is 10.0 Å². The summed E-state index contributed by atoms with van der Waals surface area (Å²) in [5.41, 5.74) is 2.19. The number of benzene rings is 2. The standard InChI is InChI=1S/C19H24N2O4S/c1-5-20-26(23,24)16-8-6-7-15(12-16)19(22)21-14(3)17-11-13(2)9-10-18(17)25-4/h6-12,14,20H,5H2,1-4H3,(H,21,22). The molecule has 0 saturated heterocycles. The van der Waals surface area contributed by atoms with Gasteiger partial charge in [-0.25, -0.2) is 13.1 Å². The molecule has 0 spiro atoms. The first-order valence-corrected chi connectivity index (χ1v) is 9.82. The van der Waals surface area contributed by atoms with Crippen molar-refractivity contribution >= 4 is 15.9 Å². The first-order valence-electron chi connectivity index (χ1n) is 8.33. The van der Waals surface area contributed by atoms with E-state index >= 15 is 0 Å². The van der Waals surface area contributed by atoms with Crippen molar-refractivity contribution in [3.05, 3.63) is 59.2 Å². The van der Waals surface area contributed by atoms with E-state index < -0.39 is 10.0 Å². The molecule has 2 aromatic rings. The molecule has 0 saturated carbocycles. The molecule has 2 aromatic carbocycles. The summed E-state index contributed by atoms with van der Waals surface area (Å²) in [6, 6.07) is 11.4. The Labute approximate surface area is 154 Å². The monoisotopic (exact) mass is 376 g/mol. The summed E-state index contributed by atoms with van der Waals surface area (Å²) >= 11 is 0. The molecule has 26 heavy (non-hydrogen) atoms. The highest BCUT2D eigenvalue weighted by Gasteiger charge is 2.18. The fraction of sp³-hybridized carbons (Fsp3) is 0.316. The number of sulfonamides is 1. The van der Waals surface area contributed by atoms with Gasteiger partial charge in [0.15, 0.2) is 0 Å². The van der Waals surface area contributed by atoms with Gasteiger partial charge >= 0.3 is 0 Å². The van der Waals surface area contributed by atoms with Crippen molar-refractivity contribution in [3.8, 4) is 5.75 Å². The molecular weight excluding hydrogens is 352 g/mol. The Hall–Kier alpha value is -2.38. The number of carbonyl (C=O) groups is 1. The third kappa shape index (κ3) is 4.62. The van der Waals surface area contributed by atoms with Crippen LogP contribution in [0.25, 0.3) is 0 Å². The van der Waals surface area contributed by atoms with Crippen LogP contribution in [0.3, 0.4) is 0 Å². The second-order valence-electron chi connectivity index (χ2n) is 5.97. The Balaban J connectivity index is 2.24. The van der Waals surface area contributed by atoms with Gasteiger partial charge in [-0.3, -0.25) is 4.79 Å². The summed E-state index contributed by atoms with van der Waals surface area (Å²) in [7, 11) is -2.03. The number of hydrogen-bond acceptors (Lipinski definition) is 4. The predicted octanol–water partition coefficient (Wildman–Crippen LogP) is 2.79. The van der Waals surface area contributed by atoms with Crippen molar-refractivity contribution in [1.82, 2.24) is 10.0 Å². The Kier molecular flexibility index (Phi) is 6.39. The maximum absolute atomic E-state index is 12.6. The molecule has 2 rings (SSSR count). The number of methoxy groups -OCH3 is 1. The van der Waals surface area contributed by atoms with Crippen molar-refractivity contribution in [3.63, 3.8) is 0 Å². The van der Waals surface area contributed by atoms with E-state index in [0.717, 1.165) is 11.1 Å². The second-order valence-corrected chi connectivity index (χ2v) is 7.74. The third-order valence-corrected chi connectivity index (χ3v) is 5.48. The van der Waals surface area contributed by atoms with Crippen molar-refractivity contribution in [1.29, 1.82) is 0 Å². The lowest BCUT2D eigenvalue weighted by molar-refractivity contribution is 0.0939. The van der Waals surface area contributed by atoms with E-state index in [4.69, 9.17) is 4.74 Å². The fourth-order valence-corrected chi connectivity index (χ4v) is 3.71. The molecule has 140 valence electrons. The zero-order chi connectivity index (χ0) is 19.3. The maximum atomic E-state index is 12.6. The van der Waals surface area contributed by atoms with Crippen LogP contribution in [0.5, 0.6) is 5.75 Å². The zero-order valence-electron chi connectivity index (χ0n) is 15.4. The summed E-state index contributed by atoms with van der Waals surface area (Å²) < 4.78 is 32.0. The molecule has 1 amide bonds. The molecule has 6 nitrogen and oxygen atoms in total. The van der Waals surface area contributed by atoms with E-state index in [-0.39, 0.29) is 29.0 Å². The first kappa shape index (κ1) is 19.9. The van der Waals surface area contributed by atoms with Gasteiger partial charge in [0.05, 0.1) is 18.0 Å². The highest BCUT2D eigenvalue weighted by molar-refractivity contribution is 7.89. The van der Waals surface area contributed by atoms with Crippen LogP contribution in [0.4, 0.5) is 0 Å². The molecule has 1 unspecified atom stereocenters. The lowest BCUT2D eigenvalue weighted by Crippen LogP contribution is -2.28. The topological polar surface area (TPSA) is 84.5 Å². The molecule has 2 N–H and O–H groups in total. The Bertz CT molecular complexity index is 894. The maximum Gasteiger partial charge on any atom is 0.251 e. The molecule has 0 heterocycles. The summed E-state index contributed by atoms with van der Waals surface area (Å²) in [6.07, 6.45) is 0. The van der Waals surface area contributed by atoms with E-state index in [2.05, 4.69) is 10.0 Å². The number of nitrogens with one attached hydrogen (secondary N) is 2. The van der Waals surface area contributed by atoms with Crippen LogP contribution >= 0.6 is 0 Å². The van der Waals surface area contributed by atoms with E-state index in [1.54, 1.807) is 26.2 Å². The van der Waals surface area contributed by atoms with Gasteiger partial charge in [0, 0.05) is 17.7 Å². The van der Waals surface area contributed by atoms with E-state index in [9.17, 15) is 13.2 Å². The summed E-state index contributed by atoms with van der Waals surface area (Å²) in [5.74, 6) is 0.335. The van der Waals surface area contributed by atoms with Crippen molar-refractivity contribution in [2.75, 3.05) is 13.7 Å². The molecule has 7 heteroatoms. The van der Waals surface area contributed by atoms with Gasteiger partial charge in [-0.05, 0) is 38.1 Å². The van der Waals surface area contributed by atoms with Crippen molar-refractivity contribution in [2.45, 2.75) is 31.7 Å². The predicted molar refractivity (Wildman–Crippen MR) is 101 cm³/mol. The average molecular weight is 376 g/mol. The molecule has 0 aliphatic carbocycles. The van der Waals surface area contributed by atoms with Crippen LogP contribution in [0, 0.1) is 6.92 Å². The van der Waals surface area contributed by atoms with Crippen LogP contribution in [-0.4, -0.2) is 28.0 Å². The van der Waals surface area contributed by atoms with E-state index in [1.165, 1.54) is 12.1 Å². The number of carbonyl (C=O) groups excluding carboxylic acids is 1. The minimum Gasteiger partial charge on any atom is -0.496 e. The molecular formula is C19H24N2O4S. The van der Waals surface area contributed by atoms with Crippen molar-refractivity contribution in [2.24, 2.45) is 0 Å². The largest absolute Gasteiger partial charge is 0.496 e. The van der Waals surface area contributed by atoms with Crippen LogP contribution in [0.1, 0.15) is 41.4 Å². The molecule has 0 aliphatic rings. The lowest BCUT2D eigenvalue weighted by atomic mass is 10.0. The highest BCUT2D eigenvalue weighted by atomic mass is 32.2. The van der Waals surface area contributed by atoms with Gasteiger partial charge in [-0.1, -0.05) is 30.7 Å². The van der Waals surface area contributed by atoms with Gasteiger partial charge in [0.1, 0.15) is 5.75 Å². The van der Waals surface area contributed by atoms with Crippen LogP contribution < -0.4 is 14.8 Å². The van der Waals surface area contributed by atoms with E-state index in [0.29, 0.717) is 5.75 Å². The van der Waals surface area contributed by atoms with Gasteiger partial charge in [-0.2, -0.15) is 0 Å². The Morgan fingerprint density at radius 2 is 1.92 bits per heavy atom. The number of rotatable bonds is 7. The Morgan fingerprint density at radius 3 is 2.58 bits per heavy atom. The molecule has 0 fully saturated rings. The highest BCUT2D eigenvalue weighted by Crippen LogP contribution is 2.26. The number of amides is 1. The summed E-state index contributed by atoms with van der Waals surface area (Å²) in [5, 5.41) is 2.89. The summed E-state index contributed by atoms with van der Waals surface area (Å²) in [4.78, 5) is 12.6. The third-order valence-electron chi connectivity index (χ3n) is 3.94. The minimum atomic E-state index is -3.61. The quantitative estimate of drug-likeness (QED) is 0.778.